The highest BCUT2D eigenvalue weighted by atomic mass is 32.2. The molecule has 0 radical (unpaired) electrons. The van der Waals surface area contributed by atoms with Crippen LogP contribution in [0.4, 0.5) is 0 Å². The Morgan fingerprint density at radius 3 is 2.77 bits per heavy atom. The summed E-state index contributed by atoms with van der Waals surface area (Å²) in [7, 11) is -3.18. The molecule has 2 atom stereocenters. The molecule has 2 aromatic rings. The number of carbonyl (C=O) groups is 1. The number of amides is 1. The van der Waals surface area contributed by atoms with Crippen molar-refractivity contribution in [2.24, 2.45) is 0 Å². The summed E-state index contributed by atoms with van der Waals surface area (Å²) in [6.45, 7) is 3.51. The number of fused-ring (bicyclic) bond motifs is 1. The molecule has 0 saturated carbocycles. The van der Waals surface area contributed by atoms with Crippen molar-refractivity contribution in [1.29, 1.82) is 0 Å². The van der Waals surface area contributed by atoms with E-state index < -0.39 is 9.84 Å². The van der Waals surface area contributed by atoms with E-state index in [4.69, 9.17) is 0 Å². The summed E-state index contributed by atoms with van der Waals surface area (Å²) < 4.78 is 24.6. The number of aryl methyl sites for hydroxylation is 1. The van der Waals surface area contributed by atoms with Crippen LogP contribution in [0.1, 0.15) is 21.9 Å². The Hall–Kier alpha value is -2.26. The van der Waals surface area contributed by atoms with Gasteiger partial charge in [0.2, 0.25) is 0 Å². The average Bonchev–Trinajstić information content (AvgIpc) is 3.18. The Morgan fingerprint density at radius 2 is 2.08 bits per heavy atom. The van der Waals surface area contributed by atoms with Crippen molar-refractivity contribution < 1.29 is 13.2 Å². The fraction of sp³-hybridized carbons (Fsp3) is 0.471. The maximum Gasteiger partial charge on any atom is 0.274 e. The fourth-order valence-electron chi connectivity index (χ4n) is 3.85. The van der Waals surface area contributed by atoms with Gasteiger partial charge in [0.1, 0.15) is 5.69 Å². The molecule has 1 N–H and O–H groups in total. The second-order valence-electron chi connectivity index (χ2n) is 6.94. The molecule has 26 heavy (non-hydrogen) atoms. The summed E-state index contributed by atoms with van der Waals surface area (Å²) >= 11 is 0. The van der Waals surface area contributed by atoms with E-state index in [0.717, 1.165) is 11.4 Å². The number of sulfone groups is 1. The van der Waals surface area contributed by atoms with Crippen molar-refractivity contribution in [2.75, 3.05) is 24.6 Å². The molecule has 2 aliphatic rings. The van der Waals surface area contributed by atoms with Crippen molar-refractivity contribution in [3.8, 4) is 0 Å². The maximum atomic E-state index is 12.8. The molecule has 1 amide bonds. The standard InChI is InChI=1S/C17H21N5O3S/c1-12-8-14(20-19-12)17(23)22-7-6-21(9-13-4-2-3-5-18-13)15-10-26(24,25)11-16(15)22/h2-5,8,15-16H,6-7,9-11H2,1H3,(H,19,20)/t15-,16+/m1/s1. The van der Waals surface area contributed by atoms with Gasteiger partial charge in [-0.3, -0.25) is 19.8 Å². The van der Waals surface area contributed by atoms with Crippen LogP contribution < -0.4 is 0 Å². The minimum atomic E-state index is -3.18. The van der Waals surface area contributed by atoms with E-state index in [0.29, 0.717) is 25.3 Å². The van der Waals surface area contributed by atoms with E-state index in [1.165, 1.54) is 0 Å². The molecule has 4 heterocycles. The molecule has 0 spiro atoms. The molecule has 9 heteroatoms. The van der Waals surface area contributed by atoms with E-state index in [1.807, 2.05) is 25.1 Å². The number of hydrogen-bond acceptors (Lipinski definition) is 6. The lowest BCUT2D eigenvalue weighted by atomic mass is 10.0. The highest BCUT2D eigenvalue weighted by molar-refractivity contribution is 7.91. The smallest absolute Gasteiger partial charge is 0.274 e. The van der Waals surface area contributed by atoms with E-state index in [9.17, 15) is 13.2 Å². The third-order valence-corrected chi connectivity index (χ3v) is 6.77. The third-order valence-electron chi connectivity index (χ3n) is 5.07. The molecule has 8 nitrogen and oxygen atoms in total. The number of nitrogens with one attached hydrogen (secondary N) is 1. The number of piperazine rings is 1. The Morgan fingerprint density at radius 1 is 1.27 bits per heavy atom. The van der Waals surface area contributed by atoms with Gasteiger partial charge in [-0.05, 0) is 25.1 Å². The zero-order valence-electron chi connectivity index (χ0n) is 14.5. The Labute approximate surface area is 152 Å². The molecular weight excluding hydrogens is 354 g/mol. The third kappa shape index (κ3) is 3.24. The van der Waals surface area contributed by atoms with Crippen LogP contribution in [0.3, 0.4) is 0 Å². The van der Waals surface area contributed by atoms with Gasteiger partial charge in [0.25, 0.3) is 5.91 Å². The summed E-state index contributed by atoms with van der Waals surface area (Å²) in [5.41, 5.74) is 2.04. The average molecular weight is 375 g/mol. The first kappa shape index (κ1) is 17.2. The van der Waals surface area contributed by atoms with Crippen LogP contribution in [-0.2, 0) is 16.4 Å². The van der Waals surface area contributed by atoms with E-state index in [-0.39, 0.29) is 29.5 Å². The Bertz CT molecular complexity index is 911. The van der Waals surface area contributed by atoms with Crippen LogP contribution in [0.15, 0.2) is 30.5 Å². The number of nitrogens with zero attached hydrogens (tertiary/aromatic N) is 4. The highest BCUT2D eigenvalue weighted by Gasteiger charge is 2.48. The van der Waals surface area contributed by atoms with Crippen molar-refractivity contribution in [2.45, 2.75) is 25.6 Å². The highest BCUT2D eigenvalue weighted by Crippen LogP contribution is 2.29. The van der Waals surface area contributed by atoms with Gasteiger partial charge in [0.15, 0.2) is 9.84 Å². The monoisotopic (exact) mass is 375 g/mol. The summed E-state index contributed by atoms with van der Waals surface area (Å²) in [5.74, 6) is -0.127. The lowest BCUT2D eigenvalue weighted by molar-refractivity contribution is 0.0298. The zero-order chi connectivity index (χ0) is 18.3. The van der Waals surface area contributed by atoms with Crippen molar-refractivity contribution >= 4 is 15.7 Å². The Balaban J connectivity index is 1.58. The van der Waals surface area contributed by atoms with E-state index in [2.05, 4.69) is 20.1 Å². The van der Waals surface area contributed by atoms with Crippen LogP contribution >= 0.6 is 0 Å². The minimum Gasteiger partial charge on any atom is -0.330 e. The topological polar surface area (TPSA) is 99.3 Å². The predicted octanol–water partition coefficient (Wildman–Crippen LogP) is 0.237. The van der Waals surface area contributed by atoms with Gasteiger partial charge in [0.05, 0.1) is 23.2 Å². The van der Waals surface area contributed by atoms with Gasteiger partial charge < -0.3 is 4.90 Å². The van der Waals surface area contributed by atoms with Gasteiger partial charge in [-0.1, -0.05) is 6.07 Å². The molecule has 2 saturated heterocycles. The fourth-order valence-corrected chi connectivity index (χ4v) is 5.86. The van der Waals surface area contributed by atoms with Crippen LogP contribution in [0, 0.1) is 6.92 Å². The number of pyridine rings is 1. The van der Waals surface area contributed by atoms with Gasteiger partial charge in [-0.25, -0.2) is 8.42 Å². The first-order valence-electron chi connectivity index (χ1n) is 8.60. The quantitative estimate of drug-likeness (QED) is 0.825. The van der Waals surface area contributed by atoms with E-state index in [1.54, 1.807) is 17.2 Å². The summed E-state index contributed by atoms with van der Waals surface area (Å²) in [5, 5.41) is 6.81. The normalized spacial score (nSPS) is 25.2. The second-order valence-corrected chi connectivity index (χ2v) is 9.09. The van der Waals surface area contributed by atoms with Crippen molar-refractivity contribution in [3.63, 3.8) is 0 Å². The molecule has 2 fully saturated rings. The first-order chi connectivity index (χ1) is 12.4. The number of H-pyrrole nitrogens is 1. The molecular formula is C17H21N5O3S. The van der Waals surface area contributed by atoms with Crippen molar-refractivity contribution in [3.05, 3.63) is 47.5 Å². The molecule has 2 aromatic heterocycles. The summed E-state index contributed by atoms with van der Waals surface area (Å²) in [6.07, 6.45) is 1.73. The SMILES string of the molecule is Cc1cc(C(=O)N2CCN(Cc3ccccn3)[C@@H]3CS(=O)(=O)C[C@@H]32)n[nH]1. The van der Waals surface area contributed by atoms with E-state index >= 15 is 0 Å². The molecule has 4 rings (SSSR count). The first-order valence-corrected chi connectivity index (χ1v) is 10.4. The largest absolute Gasteiger partial charge is 0.330 e. The lowest BCUT2D eigenvalue weighted by Gasteiger charge is -2.43. The van der Waals surface area contributed by atoms with Crippen LogP contribution in [0.5, 0.6) is 0 Å². The number of hydrogen-bond donors (Lipinski definition) is 1. The van der Waals surface area contributed by atoms with Crippen LogP contribution in [0.25, 0.3) is 0 Å². The summed E-state index contributed by atoms with van der Waals surface area (Å²) in [4.78, 5) is 21.0. The van der Waals surface area contributed by atoms with Crippen LogP contribution in [-0.4, -0.2) is 76.0 Å². The predicted molar refractivity (Wildman–Crippen MR) is 95.2 cm³/mol. The summed E-state index contributed by atoms with van der Waals surface area (Å²) in [6, 6.07) is 6.85. The molecule has 138 valence electrons. The van der Waals surface area contributed by atoms with Crippen molar-refractivity contribution in [1.82, 2.24) is 25.0 Å². The molecule has 0 bridgehead atoms. The number of rotatable bonds is 3. The lowest BCUT2D eigenvalue weighted by Crippen LogP contribution is -2.60. The zero-order valence-corrected chi connectivity index (χ0v) is 15.3. The van der Waals surface area contributed by atoms with Crippen LogP contribution in [0.2, 0.25) is 0 Å². The second kappa shape index (κ2) is 6.48. The molecule has 0 aromatic carbocycles. The number of aromatic nitrogens is 3. The van der Waals surface area contributed by atoms with Gasteiger partial charge in [-0.15, -0.1) is 0 Å². The minimum absolute atomic E-state index is 0.00549. The molecule has 0 unspecified atom stereocenters. The number of carbonyl (C=O) groups excluding carboxylic acids is 1. The number of aromatic amines is 1. The van der Waals surface area contributed by atoms with Gasteiger partial charge >= 0.3 is 0 Å². The molecule has 2 aliphatic heterocycles. The maximum absolute atomic E-state index is 12.8. The molecule has 0 aliphatic carbocycles. The van der Waals surface area contributed by atoms with Gasteiger partial charge in [-0.2, -0.15) is 5.10 Å². The van der Waals surface area contributed by atoms with Gasteiger partial charge in [0, 0.05) is 37.6 Å². The Kier molecular flexibility index (Phi) is 4.28.